The SMILES string of the molecule is Cc1cc(C(=O)NC[C@@H](O)[C@@H](O)[C@@H]2O[C@@](OC3CCCCC3NC(=O)CN(C)C(=O)OCc3cccc(C(=O)NC4CC4)c3)(C(=O)O)C[C@H](O)[C@H]2NC(=O)Cn2cc(C3CCCCC3)nn2)cc(C)c1O. The molecule has 2 aromatic carbocycles. The van der Waals surface area contributed by atoms with Crippen LogP contribution in [0.3, 0.4) is 0 Å². The number of benzene rings is 2. The summed E-state index contributed by atoms with van der Waals surface area (Å²) in [6.45, 7) is 1.66. The van der Waals surface area contributed by atoms with E-state index in [1.165, 1.54) is 23.9 Å². The van der Waals surface area contributed by atoms with Crippen molar-refractivity contribution < 1.29 is 68.5 Å². The highest BCUT2D eigenvalue weighted by atomic mass is 16.7. The molecule has 8 atom stereocenters. The number of aliphatic hydroxyl groups is 3. The first-order valence-corrected chi connectivity index (χ1v) is 24.4. The average Bonchev–Trinajstić information content (AvgIpc) is 4.05. The summed E-state index contributed by atoms with van der Waals surface area (Å²) in [6.07, 6.45) is 0.262. The third-order valence-corrected chi connectivity index (χ3v) is 13.6. The van der Waals surface area contributed by atoms with Crippen LogP contribution in [0.2, 0.25) is 0 Å². The monoisotopic (exact) mass is 990 g/mol. The minimum absolute atomic E-state index is 0.00863. The van der Waals surface area contributed by atoms with Crippen LogP contribution >= 0.6 is 0 Å². The predicted octanol–water partition coefficient (Wildman–Crippen LogP) is 1.82. The molecule has 0 spiro atoms. The van der Waals surface area contributed by atoms with Gasteiger partial charge < -0.3 is 65.9 Å². The number of carbonyl (C=O) groups is 6. The fourth-order valence-electron chi connectivity index (χ4n) is 9.50. The van der Waals surface area contributed by atoms with Gasteiger partial charge in [0.1, 0.15) is 37.7 Å². The third-order valence-electron chi connectivity index (χ3n) is 13.6. The molecule has 22 nitrogen and oxygen atoms in total. The number of ether oxygens (including phenoxy) is 3. The van der Waals surface area contributed by atoms with Crippen LogP contribution < -0.4 is 21.3 Å². The van der Waals surface area contributed by atoms with Crippen molar-refractivity contribution in [1.82, 2.24) is 41.2 Å². The molecule has 4 aliphatic rings. The number of carbonyl (C=O) groups excluding carboxylic acids is 5. The van der Waals surface area contributed by atoms with Gasteiger partial charge in [-0.15, -0.1) is 5.10 Å². The van der Waals surface area contributed by atoms with Gasteiger partial charge in [-0.05, 0) is 93.3 Å². The van der Waals surface area contributed by atoms with E-state index in [1.54, 1.807) is 44.3 Å². The number of amides is 5. The Morgan fingerprint density at radius 2 is 1.59 bits per heavy atom. The van der Waals surface area contributed by atoms with Crippen LogP contribution in [0.4, 0.5) is 4.79 Å². The van der Waals surface area contributed by atoms with Gasteiger partial charge in [0.15, 0.2) is 0 Å². The van der Waals surface area contributed by atoms with Crippen LogP contribution in [0.1, 0.15) is 126 Å². The van der Waals surface area contributed by atoms with Crippen molar-refractivity contribution in [3.63, 3.8) is 0 Å². The summed E-state index contributed by atoms with van der Waals surface area (Å²) in [7, 11) is 1.36. The van der Waals surface area contributed by atoms with Crippen LogP contribution in [0.5, 0.6) is 5.75 Å². The van der Waals surface area contributed by atoms with E-state index in [2.05, 4.69) is 31.6 Å². The van der Waals surface area contributed by atoms with Crippen LogP contribution in [-0.2, 0) is 41.7 Å². The molecule has 3 aromatic rings. The van der Waals surface area contributed by atoms with E-state index in [0.29, 0.717) is 41.5 Å². The fourth-order valence-corrected chi connectivity index (χ4v) is 9.50. The maximum atomic E-state index is 13.6. The Labute approximate surface area is 410 Å². The molecule has 9 N–H and O–H groups in total. The summed E-state index contributed by atoms with van der Waals surface area (Å²) in [5.74, 6) is -6.39. The number of hydrogen-bond donors (Lipinski definition) is 9. The summed E-state index contributed by atoms with van der Waals surface area (Å²) in [5, 5.41) is 75.2. The second kappa shape index (κ2) is 23.4. The number of aliphatic carboxylic acids is 1. The predicted molar refractivity (Wildman–Crippen MR) is 251 cm³/mol. The zero-order chi connectivity index (χ0) is 51.0. The Bertz CT molecular complexity index is 2380. The number of carboxylic acid groups (broad SMARTS) is 1. The molecule has 2 unspecified atom stereocenters. The van der Waals surface area contributed by atoms with Crippen molar-refractivity contribution in [2.45, 2.75) is 164 Å². The number of likely N-dealkylation sites (N-methyl/N-ethyl adjacent to an activating group) is 1. The van der Waals surface area contributed by atoms with Gasteiger partial charge in [-0.1, -0.05) is 49.5 Å². The van der Waals surface area contributed by atoms with Gasteiger partial charge in [-0.3, -0.25) is 19.2 Å². The molecule has 0 radical (unpaired) electrons. The van der Waals surface area contributed by atoms with Gasteiger partial charge in [-0.25, -0.2) is 14.3 Å². The number of aromatic hydroxyl groups is 1. The van der Waals surface area contributed by atoms with E-state index in [0.717, 1.165) is 55.5 Å². The molecule has 3 saturated carbocycles. The first-order chi connectivity index (χ1) is 33.9. The van der Waals surface area contributed by atoms with E-state index in [9.17, 15) is 54.3 Å². The second-order valence-electron chi connectivity index (χ2n) is 19.4. The van der Waals surface area contributed by atoms with Crippen molar-refractivity contribution in [2.24, 2.45) is 0 Å². The van der Waals surface area contributed by atoms with E-state index < -0.39 is 97.7 Å². The van der Waals surface area contributed by atoms with E-state index in [-0.39, 0.29) is 48.8 Å². The maximum absolute atomic E-state index is 13.6. The molecule has 5 amide bonds. The fraction of sp³-hybridized carbons (Fsp3) is 0.592. The van der Waals surface area contributed by atoms with Crippen molar-refractivity contribution in [3.8, 4) is 5.75 Å². The number of phenols is 1. The van der Waals surface area contributed by atoms with Gasteiger partial charge in [0.2, 0.25) is 11.8 Å². The molecule has 71 heavy (non-hydrogen) atoms. The number of nitrogens with one attached hydrogen (secondary N) is 4. The lowest BCUT2D eigenvalue weighted by atomic mass is 9.87. The third kappa shape index (κ3) is 13.6. The first kappa shape index (κ1) is 52.6. The summed E-state index contributed by atoms with van der Waals surface area (Å²) in [6, 6.07) is 7.37. The lowest BCUT2D eigenvalue weighted by molar-refractivity contribution is -0.325. The van der Waals surface area contributed by atoms with Crippen LogP contribution in [-0.4, -0.2) is 156 Å². The summed E-state index contributed by atoms with van der Waals surface area (Å²) in [4.78, 5) is 80.1. The second-order valence-corrected chi connectivity index (χ2v) is 19.4. The average molecular weight is 991 g/mol. The van der Waals surface area contributed by atoms with Crippen LogP contribution in [0, 0.1) is 13.8 Å². The van der Waals surface area contributed by atoms with Crippen molar-refractivity contribution in [3.05, 3.63) is 76.1 Å². The highest BCUT2D eigenvalue weighted by Crippen LogP contribution is 2.37. The number of aromatic nitrogens is 3. The molecule has 386 valence electrons. The quantitative estimate of drug-likeness (QED) is 0.0827. The van der Waals surface area contributed by atoms with Crippen molar-refractivity contribution in [2.75, 3.05) is 20.1 Å². The largest absolute Gasteiger partial charge is 0.507 e. The normalized spacial score (nSPS) is 24.5. The molecular weight excluding hydrogens is 925 g/mol. The number of aliphatic hydroxyl groups excluding tert-OH is 3. The van der Waals surface area contributed by atoms with Crippen molar-refractivity contribution >= 4 is 35.7 Å². The van der Waals surface area contributed by atoms with Crippen LogP contribution in [0.15, 0.2) is 42.6 Å². The molecule has 1 aliphatic heterocycles. The maximum Gasteiger partial charge on any atom is 0.410 e. The molecule has 7 rings (SSSR count). The molecule has 4 fully saturated rings. The molecule has 1 aromatic heterocycles. The number of rotatable bonds is 19. The van der Waals surface area contributed by atoms with Crippen molar-refractivity contribution in [1.29, 1.82) is 0 Å². The summed E-state index contributed by atoms with van der Waals surface area (Å²) in [5.41, 5.74) is 2.75. The standard InChI is InChI=1S/C49H66N8O14/c1-27-18-32(19-28(2)42(27)62)45(64)50-22-37(59)43(63)44-41(53-40(61)25-57-23-35(54-55-57)30-11-5-4-6-12-30)36(58)21-49(71-44,47(66)67)70-38-15-8-7-14-34(38)52-39(60)24-56(3)48(68)69-26-29-10-9-13-31(20-29)46(65)51-33-16-17-33/h9-10,13,18-20,23,30,33-34,36-38,41,43-44,58-59,62-63H,4-8,11-12,14-17,21-22,24-26H2,1-3H3,(H,50,64)(H,51,65)(H,52,60)(H,53,61)(H,66,67)/t34?,36-,37+,38?,41+,43+,44+,49+/m0/s1. The first-order valence-electron chi connectivity index (χ1n) is 24.4. The van der Waals surface area contributed by atoms with Gasteiger partial charge in [0, 0.05) is 49.3 Å². The van der Waals surface area contributed by atoms with E-state index >= 15 is 0 Å². The highest BCUT2D eigenvalue weighted by Gasteiger charge is 2.57. The zero-order valence-corrected chi connectivity index (χ0v) is 40.3. The summed E-state index contributed by atoms with van der Waals surface area (Å²) >= 11 is 0. The smallest absolute Gasteiger partial charge is 0.410 e. The molecule has 2 heterocycles. The van der Waals surface area contributed by atoms with Gasteiger partial charge in [0.25, 0.3) is 17.6 Å². The topological polar surface area (TPSA) is 313 Å². The zero-order valence-electron chi connectivity index (χ0n) is 40.3. The van der Waals surface area contributed by atoms with E-state index in [1.807, 2.05) is 0 Å². The molecule has 0 bridgehead atoms. The van der Waals surface area contributed by atoms with Gasteiger partial charge >= 0.3 is 12.1 Å². The molecule has 1 saturated heterocycles. The van der Waals surface area contributed by atoms with E-state index in [4.69, 9.17) is 14.2 Å². The number of aryl methyl sites for hydroxylation is 2. The lowest BCUT2D eigenvalue weighted by Gasteiger charge is -2.48. The number of nitrogens with zero attached hydrogens (tertiary/aromatic N) is 4. The molecule has 22 heteroatoms. The Hall–Kier alpha value is -6.20. The van der Waals surface area contributed by atoms with Gasteiger partial charge in [0.05, 0.1) is 36.1 Å². The highest BCUT2D eigenvalue weighted by molar-refractivity contribution is 5.95. The number of hydrogen-bond acceptors (Lipinski definition) is 15. The molecule has 3 aliphatic carbocycles. The van der Waals surface area contributed by atoms with Gasteiger partial charge in [-0.2, -0.15) is 0 Å². The lowest BCUT2D eigenvalue weighted by Crippen LogP contribution is -2.69. The Kier molecular flexibility index (Phi) is 17.3. The van der Waals surface area contributed by atoms with Crippen LogP contribution in [0.25, 0.3) is 0 Å². The number of phenolic OH excluding ortho intramolecular Hbond substituents is 1. The minimum atomic E-state index is -2.70. The molecular formula is C49H66N8O14. The summed E-state index contributed by atoms with van der Waals surface area (Å²) < 4.78 is 19.2. The Morgan fingerprint density at radius 3 is 2.30 bits per heavy atom. The Morgan fingerprint density at radius 1 is 0.887 bits per heavy atom. The Balaban J connectivity index is 1.02. The minimum Gasteiger partial charge on any atom is -0.507 e. The number of carboxylic acids is 1.